The lowest BCUT2D eigenvalue weighted by atomic mass is 10.1. The molecule has 0 bridgehead atoms. The van der Waals surface area contributed by atoms with Crippen molar-refractivity contribution in [1.29, 1.82) is 0 Å². The maximum absolute atomic E-state index is 4.38. The van der Waals surface area contributed by atoms with Gasteiger partial charge in [-0.2, -0.15) is 0 Å². The Hall–Kier alpha value is -0.730. The fourth-order valence-electron chi connectivity index (χ4n) is 3.03. The van der Waals surface area contributed by atoms with E-state index in [9.17, 15) is 0 Å². The number of aliphatic imine (C=N–C) groups is 1. The van der Waals surface area contributed by atoms with Crippen LogP contribution in [0.2, 0.25) is 0 Å². The molecule has 1 aliphatic rings. The molecule has 3 heteroatoms. The van der Waals surface area contributed by atoms with Crippen LogP contribution < -0.4 is 0 Å². The standard InChI is InChI=1S/C17H35N3/c1-4-5-6-7-8-9-10-11-12-13-14-20-16-15-19(3)17(20)18-2/h4-16H2,1-3H3/b18-17-. The van der Waals surface area contributed by atoms with E-state index in [4.69, 9.17) is 0 Å². The SMILES string of the molecule is CCCCCCCCCCCCN1CCN(C)/C1=N/C. The molecule has 118 valence electrons. The zero-order chi connectivity index (χ0) is 14.6. The molecule has 0 unspecified atom stereocenters. The smallest absolute Gasteiger partial charge is 0.196 e. The van der Waals surface area contributed by atoms with Crippen molar-refractivity contribution >= 4 is 5.96 Å². The first-order valence-electron chi connectivity index (χ1n) is 8.72. The van der Waals surface area contributed by atoms with Crippen molar-refractivity contribution < 1.29 is 0 Å². The lowest BCUT2D eigenvalue weighted by Gasteiger charge is -2.19. The van der Waals surface area contributed by atoms with Gasteiger partial charge in [-0.15, -0.1) is 0 Å². The molecule has 1 heterocycles. The zero-order valence-corrected chi connectivity index (χ0v) is 14.0. The Morgan fingerprint density at radius 2 is 1.40 bits per heavy atom. The van der Waals surface area contributed by atoms with E-state index in [2.05, 4.69) is 28.8 Å². The van der Waals surface area contributed by atoms with Crippen molar-refractivity contribution in [2.45, 2.75) is 71.1 Å². The summed E-state index contributed by atoms with van der Waals surface area (Å²) in [5.74, 6) is 1.18. The maximum Gasteiger partial charge on any atom is 0.196 e. The van der Waals surface area contributed by atoms with Gasteiger partial charge in [-0.05, 0) is 6.42 Å². The van der Waals surface area contributed by atoms with Crippen LogP contribution >= 0.6 is 0 Å². The van der Waals surface area contributed by atoms with E-state index in [1.54, 1.807) is 0 Å². The summed E-state index contributed by atoms with van der Waals surface area (Å²) in [6.07, 6.45) is 14.1. The van der Waals surface area contributed by atoms with E-state index < -0.39 is 0 Å². The van der Waals surface area contributed by atoms with Gasteiger partial charge in [-0.25, -0.2) is 0 Å². The second kappa shape index (κ2) is 11.0. The second-order valence-electron chi connectivity index (χ2n) is 6.11. The van der Waals surface area contributed by atoms with Crippen LogP contribution in [0.3, 0.4) is 0 Å². The summed E-state index contributed by atoms with van der Waals surface area (Å²) in [6.45, 7) is 5.76. The van der Waals surface area contributed by atoms with E-state index in [1.165, 1.54) is 76.7 Å². The number of hydrogen-bond donors (Lipinski definition) is 0. The molecule has 0 spiro atoms. The Kier molecular flexibility index (Phi) is 9.52. The van der Waals surface area contributed by atoms with Crippen LogP contribution in [-0.2, 0) is 0 Å². The molecule has 1 rings (SSSR count). The van der Waals surface area contributed by atoms with Crippen molar-refractivity contribution in [1.82, 2.24) is 9.80 Å². The average molecular weight is 281 g/mol. The highest BCUT2D eigenvalue weighted by molar-refractivity contribution is 5.81. The van der Waals surface area contributed by atoms with E-state index in [1.807, 2.05) is 7.05 Å². The van der Waals surface area contributed by atoms with E-state index in [-0.39, 0.29) is 0 Å². The highest BCUT2D eigenvalue weighted by atomic mass is 15.4. The third-order valence-electron chi connectivity index (χ3n) is 4.31. The molecule has 0 aromatic carbocycles. The van der Waals surface area contributed by atoms with E-state index in [0.717, 1.165) is 13.1 Å². The largest absolute Gasteiger partial charge is 0.344 e. The van der Waals surface area contributed by atoms with Crippen molar-refractivity contribution in [3.05, 3.63) is 0 Å². The van der Waals surface area contributed by atoms with Crippen molar-refractivity contribution in [3.8, 4) is 0 Å². The molecular formula is C17H35N3. The highest BCUT2D eigenvalue weighted by Crippen LogP contribution is 2.12. The number of nitrogens with zero attached hydrogens (tertiary/aromatic N) is 3. The fourth-order valence-corrected chi connectivity index (χ4v) is 3.03. The Bertz CT molecular complexity index is 263. The first-order chi connectivity index (χ1) is 9.79. The van der Waals surface area contributed by atoms with Crippen LogP contribution in [0, 0.1) is 0 Å². The van der Waals surface area contributed by atoms with Gasteiger partial charge < -0.3 is 9.80 Å². The molecule has 0 amide bonds. The Morgan fingerprint density at radius 1 is 0.850 bits per heavy atom. The Morgan fingerprint density at radius 3 is 1.95 bits per heavy atom. The Labute approximate surface area is 126 Å². The summed E-state index contributed by atoms with van der Waals surface area (Å²) in [6, 6.07) is 0. The number of unbranched alkanes of at least 4 members (excludes halogenated alkanes) is 9. The first kappa shape index (κ1) is 17.3. The molecule has 0 N–H and O–H groups in total. The van der Waals surface area contributed by atoms with Crippen LogP contribution in [-0.4, -0.2) is 49.5 Å². The number of guanidine groups is 1. The third kappa shape index (κ3) is 6.62. The first-order valence-corrected chi connectivity index (χ1v) is 8.72. The van der Waals surface area contributed by atoms with Gasteiger partial charge in [0.25, 0.3) is 0 Å². The van der Waals surface area contributed by atoms with Gasteiger partial charge >= 0.3 is 0 Å². The molecule has 3 nitrogen and oxygen atoms in total. The average Bonchev–Trinajstić information content (AvgIpc) is 2.81. The third-order valence-corrected chi connectivity index (χ3v) is 4.31. The van der Waals surface area contributed by atoms with Gasteiger partial charge in [-0.3, -0.25) is 4.99 Å². The molecule has 1 aliphatic heterocycles. The number of likely N-dealkylation sites (N-methyl/N-ethyl adjacent to an activating group) is 1. The number of hydrogen-bond acceptors (Lipinski definition) is 1. The van der Waals surface area contributed by atoms with E-state index in [0.29, 0.717) is 0 Å². The summed E-state index contributed by atoms with van der Waals surface area (Å²) in [7, 11) is 4.05. The fraction of sp³-hybridized carbons (Fsp3) is 0.941. The molecule has 0 saturated carbocycles. The molecular weight excluding hydrogens is 246 g/mol. The van der Waals surface area contributed by atoms with Crippen molar-refractivity contribution in [3.63, 3.8) is 0 Å². The highest BCUT2D eigenvalue weighted by Gasteiger charge is 2.21. The van der Waals surface area contributed by atoms with Gasteiger partial charge in [0, 0.05) is 33.7 Å². The normalized spacial score (nSPS) is 17.4. The molecule has 20 heavy (non-hydrogen) atoms. The predicted molar refractivity (Wildman–Crippen MR) is 89.4 cm³/mol. The lowest BCUT2D eigenvalue weighted by Crippen LogP contribution is -2.32. The summed E-state index contributed by atoms with van der Waals surface area (Å²) in [4.78, 5) is 9.08. The predicted octanol–water partition coefficient (Wildman–Crippen LogP) is 4.14. The second-order valence-corrected chi connectivity index (χ2v) is 6.11. The summed E-state index contributed by atoms with van der Waals surface area (Å²) < 4.78 is 0. The minimum absolute atomic E-state index is 1.13. The van der Waals surface area contributed by atoms with E-state index >= 15 is 0 Å². The zero-order valence-electron chi connectivity index (χ0n) is 14.0. The lowest BCUT2D eigenvalue weighted by molar-refractivity contribution is 0.433. The monoisotopic (exact) mass is 281 g/mol. The summed E-state index contributed by atoms with van der Waals surface area (Å²) >= 11 is 0. The van der Waals surface area contributed by atoms with Gasteiger partial charge in [0.15, 0.2) is 5.96 Å². The maximum atomic E-state index is 4.38. The van der Waals surface area contributed by atoms with Crippen LogP contribution in [0.4, 0.5) is 0 Å². The minimum atomic E-state index is 1.13. The van der Waals surface area contributed by atoms with Gasteiger partial charge in [-0.1, -0.05) is 64.7 Å². The molecule has 0 radical (unpaired) electrons. The molecule has 0 aromatic heterocycles. The van der Waals surface area contributed by atoms with Crippen LogP contribution in [0.25, 0.3) is 0 Å². The van der Waals surface area contributed by atoms with Crippen LogP contribution in [0.15, 0.2) is 4.99 Å². The van der Waals surface area contributed by atoms with Crippen molar-refractivity contribution in [2.24, 2.45) is 4.99 Å². The minimum Gasteiger partial charge on any atom is -0.344 e. The van der Waals surface area contributed by atoms with Crippen LogP contribution in [0.5, 0.6) is 0 Å². The molecule has 1 saturated heterocycles. The molecule has 0 atom stereocenters. The van der Waals surface area contributed by atoms with Crippen LogP contribution in [0.1, 0.15) is 71.1 Å². The number of rotatable bonds is 11. The van der Waals surface area contributed by atoms with Gasteiger partial charge in [0.1, 0.15) is 0 Å². The summed E-state index contributed by atoms with van der Waals surface area (Å²) in [5.41, 5.74) is 0. The van der Waals surface area contributed by atoms with Gasteiger partial charge in [0.2, 0.25) is 0 Å². The van der Waals surface area contributed by atoms with Gasteiger partial charge in [0.05, 0.1) is 0 Å². The Balaban J connectivity index is 1.90. The molecule has 0 aliphatic carbocycles. The quantitative estimate of drug-likeness (QED) is 0.530. The summed E-state index contributed by atoms with van der Waals surface area (Å²) in [5, 5.41) is 0. The molecule has 1 fully saturated rings. The van der Waals surface area contributed by atoms with Crippen molar-refractivity contribution in [2.75, 3.05) is 33.7 Å². The topological polar surface area (TPSA) is 18.8 Å². The molecule has 0 aromatic rings.